The third kappa shape index (κ3) is 6.86. The molecule has 3 amide bonds. The summed E-state index contributed by atoms with van der Waals surface area (Å²) in [7, 11) is 1.57. The minimum absolute atomic E-state index is 0.0405. The van der Waals surface area contributed by atoms with Crippen LogP contribution in [0.5, 0.6) is 11.5 Å². The van der Waals surface area contributed by atoms with E-state index in [1.165, 1.54) is 4.90 Å². The number of carbonyl (C=O) groups excluding carboxylic acids is 2. The lowest BCUT2D eigenvalue weighted by Crippen LogP contribution is -2.52. The van der Waals surface area contributed by atoms with Gasteiger partial charge in [0.15, 0.2) is 11.5 Å². The lowest BCUT2D eigenvalue weighted by atomic mass is 10.1. The molecule has 2 aromatic rings. The highest BCUT2D eigenvalue weighted by Gasteiger charge is 2.25. The number of methoxy groups -OCH3 is 1. The Labute approximate surface area is 193 Å². The number of amides is 3. The maximum absolute atomic E-state index is 13.4. The molecule has 0 saturated carbocycles. The number of hydrogen-bond donors (Lipinski definition) is 1. The van der Waals surface area contributed by atoms with E-state index in [4.69, 9.17) is 14.2 Å². The highest BCUT2D eigenvalue weighted by atomic mass is 32.1. The van der Waals surface area contributed by atoms with E-state index < -0.39 is 5.54 Å². The predicted molar refractivity (Wildman–Crippen MR) is 123 cm³/mol. The first-order valence-electron chi connectivity index (χ1n) is 10.5. The van der Waals surface area contributed by atoms with Gasteiger partial charge in [-0.3, -0.25) is 4.79 Å². The van der Waals surface area contributed by atoms with E-state index in [-0.39, 0.29) is 25.3 Å². The van der Waals surface area contributed by atoms with E-state index in [0.29, 0.717) is 37.7 Å². The number of hydrogen-bond acceptors (Lipinski definition) is 6. The van der Waals surface area contributed by atoms with Gasteiger partial charge in [0.05, 0.1) is 13.2 Å². The molecule has 3 rings (SSSR count). The molecule has 0 aliphatic carbocycles. The third-order valence-corrected chi connectivity index (χ3v) is 5.61. The minimum Gasteiger partial charge on any atom is -0.454 e. The molecule has 0 atom stereocenters. The highest BCUT2D eigenvalue weighted by Crippen LogP contribution is 2.33. The fourth-order valence-electron chi connectivity index (χ4n) is 3.20. The third-order valence-electron chi connectivity index (χ3n) is 4.75. The molecule has 1 aromatic heterocycles. The molecule has 174 valence electrons. The number of thiophene rings is 1. The van der Waals surface area contributed by atoms with Crippen LogP contribution in [0.1, 0.15) is 31.2 Å². The van der Waals surface area contributed by atoms with Gasteiger partial charge < -0.3 is 29.3 Å². The fraction of sp³-hybridized carbons (Fsp3) is 0.478. The second-order valence-corrected chi connectivity index (χ2v) is 9.64. The van der Waals surface area contributed by atoms with Crippen molar-refractivity contribution in [1.29, 1.82) is 0 Å². The summed E-state index contributed by atoms with van der Waals surface area (Å²) in [6.45, 7) is 7.41. The first-order chi connectivity index (χ1) is 15.2. The summed E-state index contributed by atoms with van der Waals surface area (Å²) in [5, 5.41) is 4.91. The molecule has 1 aromatic carbocycles. The van der Waals surface area contributed by atoms with Crippen molar-refractivity contribution in [2.45, 2.75) is 39.4 Å². The Bertz CT molecular complexity index is 911. The predicted octanol–water partition coefficient (Wildman–Crippen LogP) is 3.46. The van der Waals surface area contributed by atoms with Crippen LogP contribution >= 0.6 is 11.3 Å². The normalized spacial score (nSPS) is 12.5. The number of rotatable bonds is 9. The van der Waals surface area contributed by atoms with Gasteiger partial charge in [-0.1, -0.05) is 12.1 Å². The number of fused-ring (bicyclic) bond motifs is 1. The molecule has 0 fully saturated rings. The van der Waals surface area contributed by atoms with Gasteiger partial charge in [-0.05, 0) is 49.9 Å². The van der Waals surface area contributed by atoms with Gasteiger partial charge >= 0.3 is 6.03 Å². The van der Waals surface area contributed by atoms with E-state index >= 15 is 0 Å². The summed E-state index contributed by atoms with van der Waals surface area (Å²) in [4.78, 5) is 30.5. The quantitative estimate of drug-likeness (QED) is 0.619. The number of nitrogens with one attached hydrogen (secondary N) is 1. The van der Waals surface area contributed by atoms with Crippen molar-refractivity contribution in [3.63, 3.8) is 0 Å². The Balaban J connectivity index is 1.75. The van der Waals surface area contributed by atoms with Gasteiger partial charge in [-0.25, -0.2) is 4.79 Å². The van der Waals surface area contributed by atoms with Crippen LogP contribution in [0.3, 0.4) is 0 Å². The van der Waals surface area contributed by atoms with Crippen LogP contribution in [0.2, 0.25) is 0 Å². The van der Waals surface area contributed by atoms with Gasteiger partial charge in [-0.2, -0.15) is 0 Å². The van der Waals surface area contributed by atoms with E-state index in [1.54, 1.807) is 23.3 Å². The zero-order valence-electron chi connectivity index (χ0n) is 19.1. The SMILES string of the molecule is COCCN(CC(=O)N(Cc1ccc2c(c1)OCO2)Cc1cccs1)C(=O)NC(C)(C)C. The van der Waals surface area contributed by atoms with Crippen molar-refractivity contribution in [2.75, 3.05) is 33.6 Å². The van der Waals surface area contributed by atoms with Crippen molar-refractivity contribution in [3.8, 4) is 11.5 Å². The van der Waals surface area contributed by atoms with Crippen LogP contribution in [0, 0.1) is 0 Å². The zero-order chi connectivity index (χ0) is 23.1. The minimum atomic E-state index is -0.408. The number of benzene rings is 1. The number of urea groups is 1. The first-order valence-corrected chi connectivity index (χ1v) is 11.4. The Hall–Kier alpha value is -2.78. The smallest absolute Gasteiger partial charge is 0.318 e. The van der Waals surface area contributed by atoms with Crippen LogP contribution < -0.4 is 14.8 Å². The molecule has 1 N–H and O–H groups in total. The Morgan fingerprint density at radius 2 is 1.91 bits per heavy atom. The molecule has 1 aliphatic rings. The topological polar surface area (TPSA) is 80.3 Å². The highest BCUT2D eigenvalue weighted by molar-refractivity contribution is 7.09. The van der Waals surface area contributed by atoms with E-state index in [2.05, 4.69) is 5.32 Å². The molecule has 0 radical (unpaired) electrons. The Kier molecular flexibility index (Phi) is 7.98. The number of carbonyl (C=O) groups is 2. The number of ether oxygens (including phenoxy) is 3. The lowest BCUT2D eigenvalue weighted by Gasteiger charge is -2.30. The van der Waals surface area contributed by atoms with Crippen LogP contribution in [0.4, 0.5) is 4.79 Å². The fourth-order valence-corrected chi connectivity index (χ4v) is 3.92. The van der Waals surface area contributed by atoms with Crippen molar-refractivity contribution in [1.82, 2.24) is 15.1 Å². The van der Waals surface area contributed by atoms with Gasteiger partial charge in [0.1, 0.15) is 6.54 Å². The van der Waals surface area contributed by atoms with Crippen molar-refractivity contribution >= 4 is 23.3 Å². The molecule has 0 unspecified atom stereocenters. The standard InChI is InChI=1S/C23H31N3O5S/c1-23(2,3)24-22(28)25(9-10-29-4)15-21(27)26(14-18-6-5-11-32-18)13-17-7-8-19-20(12-17)31-16-30-19/h5-8,11-12H,9-10,13-16H2,1-4H3,(H,24,28). The van der Waals surface area contributed by atoms with E-state index in [1.807, 2.05) is 56.5 Å². The molecule has 9 heteroatoms. The summed E-state index contributed by atoms with van der Waals surface area (Å²) < 4.78 is 16.0. The summed E-state index contributed by atoms with van der Waals surface area (Å²) in [6, 6.07) is 9.35. The van der Waals surface area contributed by atoms with Crippen LogP contribution in [0.25, 0.3) is 0 Å². The second kappa shape index (κ2) is 10.7. The molecule has 2 heterocycles. The molecule has 0 spiro atoms. The number of nitrogens with zero attached hydrogens (tertiary/aromatic N) is 2. The molecular formula is C23H31N3O5S. The lowest BCUT2D eigenvalue weighted by molar-refractivity contribution is -0.133. The molecule has 8 nitrogen and oxygen atoms in total. The molecule has 0 bridgehead atoms. The monoisotopic (exact) mass is 461 g/mol. The molecular weight excluding hydrogens is 430 g/mol. The maximum atomic E-state index is 13.4. The van der Waals surface area contributed by atoms with Gasteiger partial charge in [0.25, 0.3) is 0 Å². The van der Waals surface area contributed by atoms with Crippen LogP contribution in [0.15, 0.2) is 35.7 Å². The summed E-state index contributed by atoms with van der Waals surface area (Å²) in [6.07, 6.45) is 0. The Morgan fingerprint density at radius 3 is 2.59 bits per heavy atom. The van der Waals surface area contributed by atoms with Gasteiger partial charge in [0, 0.05) is 30.6 Å². The largest absolute Gasteiger partial charge is 0.454 e. The average molecular weight is 462 g/mol. The van der Waals surface area contributed by atoms with E-state index in [9.17, 15) is 9.59 Å². The van der Waals surface area contributed by atoms with E-state index in [0.717, 1.165) is 10.4 Å². The van der Waals surface area contributed by atoms with Crippen molar-refractivity contribution in [2.24, 2.45) is 0 Å². The van der Waals surface area contributed by atoms with Gasteiger partial charge in [0.2, 0.25) is 12.7 Å². The van der Waals surface area contributed by atoms with Gasteiger partial charge in [-0.15, -0.1) is 11.3 Å². The Morgan fingerprint density at radius 1 is 1.12 bits per heavy atom. The van der Waals surface area contributed by atoms with Crippen molar-refractivity contribution in [3.05, 3.63) is 46.2 Å². The molecule has 1 aliphatic heterocycles. The average Bonchev–Trinajstić information content (AvgIpc) is 3.40. The van der Waals surface area contributed by atoms with Crippen LogP contribution in [-0.4, -0.2) is 60.9 Å². The summed E-state index contributed by atoms with van der Waals surface area (Å²) in [5.41, 5.74) is 0.524. The zero-order valence-corrected chi connectivity index (χ0v) is 19.9. The summed E-state index contributed by atoms with van der Waals surface area (Å²) in [5.74, 6) is 1.24. The second-order valence-electron chi connectivity index (χ2n) is 8.61. The first kappa shape index (κ1) is 23.9. The van der Waals surface area contributed by atoms with Crippen LogP contribution in [-0.2, 0) is 22.6 Å². The summed E-state index contributed by atoms with van der Waals surface area (Å²) >= 11 is 1.59. The molecule has 32 heavy (non-hydrogen) atoms. The maximum Gasteiger partial charge on any atom is 0.318 e. The van der Waals surface area contributed by atoms with Crippen molar-refractivity contribution < 1.29 is 23.8 Å². The molecule has 0 saturated heterocycles.